The van der Waals surface area contributed by atoms with Crippen molar-refractivity contribution in [2.45, 2.75) is 10.8 Å². The quantitative estimate of drug-likeness (QED) is 0.519. The third-order valence-electron chi connectivity index (χ3n) is 2.89. The first kappa shape index (κ1) is 15.2. The van der Waals surface area contributed by atoms with E-state index in [9.17, 15) is 4.79 Å². The van der Waals surface area contributed by atoms with Crippen molar-refractivity contribution in [3.63, 3.8) is 0 Å². The van der Waals surface area contributed by atoms with Crippen molar-refractivity contribution in [2.24, 2.45) is 0 Å². The van der Waals surface area contributed by atoms with Crippen molar-refractivity contribution >= 4 is 52.5 Å². The molecule has 0 spiro atoms. The van der Waals surface area contributed by atoms with Gasteiger partial charge < -0.3 is 9.47 Å². The molecule has 0 saturated carbocycles. The summed E-state index contributed by atoms with van der Waals surface area (Å²) in [6.45, 7) is 0. The van der Waals surface area contributed by atoms with Crippen LogP contribution < -0.4 is 5.32 Å². The number of hydrogen-bond acceptors (Lipinski definition) is 4. The maximum Gasteiger partial charge on any atom is 0.282 e. The molecule has 2 rings (SSSR count). The lowest BCUT2D eigenvalue weighted by molar-refractivity contribution is -0.225. The summed E-state index contributed by atoms with van der Waals surface area (Å²) in [6, 6.07) is 0. The average molecular weight is 343 g/mol. The third kappa shape index (κ3) is 2.04. The Kier molecular flexibility index (Phi) is 4.26. The van der Waals surface area contributed by atoms with E-state index >= 15 is 0 Å². The van der Waals surface area contributed by atoms with Gasteiger partial charge in [-0.15, -0.1) is 11.8 Å². The number of nitrogens with one attached hydrogen (secondary N) is 1. The number of fused-ring (bicyclic) bond motifs is 1. The highest BCUT2D eigenvalue weighted by molar-refractivity contribution is 7.98. The highest BCUT2D eigenvalue weighted by Gasteiger charge is 2.48. The Hall–Kier alpha value is -0.170. The summed E-state index contributed by atoms with van der Waals surface area (Å²) in [5, 5.41) is 3.27. The lowest BCUT2D eigenvalue weighted by Crippen LogP contribution is -2.42. The van der Waals surface area contributed by atoms with Gasteiger partial charge in [0.1, 0.15) is 0 Å². The summed E-state index contributed by atoms with van der Waals surface area (Å²) < 4.78 is 10.5. The van der Waals surface area contributed by atoms with Crippen LogP contribution in [0.4, 0.5) is 0 Å². The Labute approximate surface area is 129 Å². The molecule has 0 unspecified atom stereocenters. The molecule has 0 aromatic heterocycles. The number of carbonyl (C=O) groups is 1. The van der Waals surface area contributed by atoms with E-state index in [0.29, 0.717) is 10.5 Å². The summed E-state index contributed by atoms with van der Waals surface area (Å²) >= 11 is 20.0. The Balaban J connectivity index is 2.86. The van der Waals surface area contributed by atoms with E-state index in [4.69, 9.17) is 44.3 Å². The third-order valence-corrected chi connectivity index (χ3v) is 5.16. The number of amides is 1. The number of halogens is 3. The van der Waals surface area contributed by atoms with Gasteiger partial charge in [-0.25, -0.2) is 0 Å². The van der Waals surface area contributed by atoms with Crippen molar-refractivity contribution in [3.8, 4) is 0 Å². The molecule has 19 heavy (non-hydrogen) atoms. The summed E-state index contributed by atoms with van der Waals surface area (Å²) in [5.74, 6) is -1.88. The van der Waals surface area contributed by atoms with Gasteiger partial charge in [-0.05, 0) is 6.26 Å². The Morgan fingerprint density at radius 1 is 1.11 bits per heavy atom. The van der Waals surface area contributed by atoms with Gasteiger partial charge in [-0.1, -0.05) is 34.8 Å². The Bertz CT molecular complexity index is 561. The van der Waals surface area contributed by atoms with E-state index < -0.39 is 11.8 Å². The molecule has 0 saturated heterocycles. The van der Waals surface area contributed by atoms with Gasteiger partial charge >= 0.3 is 0 Å². The largest absolute Gasteiger partial charge is 0.332 e. The van der Waals surface area contributed by atoms with Crippen LogP contribution in [0.25, 0.3) is 0 Å². The number of ether oxygens (including phenoxy) is 2. The lowest BCUT2D eigenvalue weighted by atomic mass is 10.1. The normalized spacial score (nSPS) is 16.4. The molecule has 0 atom stereocenters. The molecule has 1 heterocycles. The smallest absolute Gasteiger partial charge is 0.282 e. The van der Waals surface area contributed by atoms with E-state index in [1.807, 2.05) is 0 Å². The molecule has 1 amide bonds. The Morgan fingerprint density at radius 2 is 1.68 bits per heavy atom. The molecule has 4 nitrogen and oxygen atoms in total. The van der Waals surface area contributed by atoms with Crippen molar-refractivity contribution in [2.75, 3.05) is 20.5 Å². The van der Waals surface area contributed by atoms with E-state index in [1.54, 1.807) is 6.26 Å². The highest BCUT2D eigenvalue weighted by Crippen LogP contribution is 2.49. The summed E-state index contributed by atoms with van der Waals surface area (Å²) in [5.41, 5.74) is 0.529. The fourth-order valence-electron chi connectivity index (χ4n) is 2.00. The minimum atomic E-state index is -1.46. The predicted molar refractivity (Wildman–Crippen MR) is 76.4 cm³/mol. The van der Waals surface area contributed by atoms with Crippen molar-refractivity contribution in [1.29, 1.82) is 0 Å². The fraction of sp³-hybridized carbons (Fsp3) is 0.364. The molecule has 0 aliphatic carbocycles. The zero-order valence-electron chi connectivity index (χ0n) is 10.3. The molecule has 0 bridgehead atoms. The number of thioether (sulfide) groups is 1. The Morgan fingerprint density at radius 3 is 2.16 bits per heavy atom. The zero-order chi connectivity index (χ0) is 14.4. The average Bonchev–Trinajstić information content (AvgIpc) is 2.70. The second-order valence-corrected chi connectivity index (χ2v) is 5.65. The van der Waals surface area contributed by atoms with E-state index in [-0.39, 0.29) is 20.6 Å². The van der Waals surface area contributed by atoms with Crippen molar-refractivity contribution in [3.05, 3.63) is 26.2 Å². The topological polar surface area (TPSA) is 47.6 Å². The molecule has 0 radical (unpaired) electrons. The van der Waals surface area contributed by atoms with Gasteiger partial charge in [-0.3, -0.25) is 10.1 Å². The van der Waals surface area contributed by atoms with Gasteiger partial charge in [0.2, 0.25) is 0 Å². The second-order valence-electron chi connectivity index (χ2n) is 3.70. The first-order chi connectivity index (χ1) is 8.93. The SMILES string of the molecule is COC1(OC)NC(=O)c2c(Cl)c(SC)c(Cl)c(Cl)c21. The number of benzene rings is 1. The molecule has 1 aliphatic heterocycles. The van der Waals surface area contributed by atoms with E-state index in [1.165, 1.54) is 26.0 Å². The maximum atomic E-state index is 12.1. The monoisotopic (exact) mass is 341 g/mol. The van der Waals surface area contributed by atoms with Crippen LogP contribution in [0.3, 0.4) is 0 Å². The molecular formula is C11H10Cl3NO3S. The van der Waals surface area contributed by atoms with Gasteiger partial charge in [0.15, 0.2) is 0 Å². The van der Waals surface area contributed by atoms with Gasteiger partial charge in [-0.2, -0.15) is 0 Å². The van der Waals surface area contributed by atoms with E-state index in [0.717, 1.165) is 0 Å². The number of rotatable bonds is 3. The minimum absolute atomic E-state index is 0.187. The molecule has 0 fully saturated rings. The molecule has 1 aliphatic rings. The van der Waals surface area contributed by atoms with Crippen LogP contribution in [0.15, 0.2) is 4.90 Å². The summed E-state index contributed by atoms with van der Waals surface area (Å²) in [7, 11) is 2.78. The number of carbonyl (C=O) groups excluding carboxylic acids is 1. The van der Waals surface area contributed by atoms with Crippen LogP contribution in [-0.2, 0) is 15.4 Å². The van der Waals surface area contributed by atoms with Crippen LogP contribution in [0.2, 0.25) is 15.1 Å². The predicted octanol–water partition coefficient (Wildman–Crippen LogP) is 3.52. The fourth-order valence-corrected chi connectivity index (χ4v) is 3.91. The van der Waals surface area contributed by atoms with Gasteiger partial charge in [0, 0.05) is 19.1 Å². The van der Waals surface area contributed by atoms with Crippen LogP contribution in [0.1, 0.15) is 15.9 Å². The van der Waals surface area contributed by atoms with Crippen LogP contribution in [-0.4, -0.2) is 26.4 Å². The molecule has 1 aromatic rings. The van der Waals surface area contributed by atoms with Crippen molar-refractivity contribution < 1.29 is 14.3 Å². The maximum absolute atomic E-state index is 12.1. The second kappa shape index (κ2) is 5.31. The summed E-state index contributed by atoms with van der Waals surface area (Å²) in [4.78, 5) is 12.6. The molecule has 104 valence electrons. The van der Waals surface area contributed by atoms with Crippen LogP contribution >= 0.6 is 46.6 Å². The first-order valence-electron chi connectivity index (χ1n) is 5.11. The van der Waals surface area contributed by atoms with Crippen molar-refractivity contribution in [1.82, 2.24) is 5.32 Å². The standard InChI is InChI=1S/C11H10Cl3NO3S/c1-17-11(18-2)5-4(10(16)15-11)6(12)9(19-3)8(14)7(5)13/h1-3H3,(H,15,16). The lowest BCUT2D eigenvalue weighted by Gasteiger charge is -2.27. The molecular weight excluding hydrogens is 333 g/mol. The van der Waals surface area contributed by atoms with Gasteiger partial charge in [0.25, 0.3) is 11.8 Å². The minimum Gasteiger partial charge on any atom is -0.332 e. The molecule has 8 heteroatoms. The van der Waals surface area contributed by atoms with Gasteiger partial charge in [0.05, 0.1) is 26.2 Å². The summed E-state index contributed by atoms with van der Waals surface area (Å²) in [6.07, 6.45) is 1.79. The van der Waals surface area contributed by atoms with Crippen LogP contribution in [0.5, 0.6) is 0 Å². The van der Waals surface area contributed by atoms with Crippen LogP contribution in [0, 0.1) is 0 Å². The number of methoxy groups -OCH3 is 2. The van der Waals surface area contributed by atoms with E-state index in [2.05, 4.69) is 5.32 Å². The molecule has 1 N–H and O–H groups in total. The molecule has 1 aromatic carbocycles. The zero-order valence-corrected chi connectivity index (χ0v) is 13.4. The highest BCUT2D eigenvalue weighted by atomic mass is 35.5. The number of hydrogen-bond donors (Lipinski definition) is 1. The first-order valence-corrected chi connectivity index (χ1v) is 7.47.